The van der Waals surface area contributed by atoms with Crippen LogP contribution in [0.2, 0.25) is 0 Å². The van der Waals surface area contributed by atoms with Crippen LogP contribution in [0.5, 0.6) is 0 Å². The van der Waals surface area contributed by atoms with Crippen molar-refractivity contribution in [2.45, 2.75) is 153 Å². The summed E-state index contributed by atoms with van der Waals surface area (Å²) in [6, 6.07) is 0. The summed E-state index contributed by atoms with van der Waals surface area (Å²) in [7, 11) is 1.19. The van der Waals surface area contributed by atoms with Crippen LogP contribution in [0, 0.1) is 10.7 Å². The molecule has 0 aromatic carbocycles. The quantitative estimate of drug-likeness (QED) is 0.100. The molecule has 0 saturated carbocycles. The molecule has 0 aromatic rings. The maximum absolute atomic E-state index is 13.0. The molecule has 3 saturated heterocycles. The molecule has 24 nitrogen and oxygen atoms in total. The summed E-state index contributed by atoms with van der Waals surface area (Å²) >= 11 is 1.49. The standard InChI is InChI=1S/C38H51NO23S2/c1-15(40)50-11-24-27(52-17(3)42)29(54-19(5)44)32(57-22(8)47)37(59-24)62-33-31(56-21(7)46)35(26(13-63-14-39)60-36(33)49-10)64-38-34(58-23(9)48)30(55-20(6)45)28(53-18(4)43)25(61-38)12-51-16(2)41/h24-38H,11-13H2,1-10H3/t24-,25-,26-,27-,28-,29+,30+,31-,32-,33-,34-,35+,36+,37+,38+/m1/s1. The van der Waals surface area contributed by atoms with Crippen molar-refractivity contribution < 1.29 is 109 Å². The molecule has 64 heavy (non-hydrogen) atoms. The average molecular weight is 954 g/mol. The summed E-state index contributed by atoms with van der Waals surface area (Å²) < 4.78 is 80.4. The van der Waals surface area contributed by atoms with Crippen molar-refractivity contribution in [3.8, 4) is 5.40 Å². The number of hydrogen-bond donors (Lipinski definition) is 0. The smallest absolute Gasteiger partial charge is 0.303 e. The molecule has 3 rings (SSSR count). The van der Waals surface area contributed by atoms with Gasteiger partial charge in [0, 0.05) is 75.2 Å². The van der Waals surface area contributed by atoms with Gasteiger partial charge in [-0.15, -0.1) is 11.8 Å². The number of hydrogen-bond acceptors (Lipinski definition) is 26. The molecule has 358 valence electrons. The average Bonchev–Trinajstić information content (AvgIpc) is 3.17. The third kappa shape index (κ3) is 15.7. The van der Waals surface area contributed by atoms with E-state index in [1.165, 1.54) is 7.11 Å². The first-order valence-electron chi connectivity index (χ1n) is 19.3. The number of esters is 9. The molecule has 0 aliphatic carbocycles. The predicted octanol–water partition coefficient (Wildman–Crippen LogP) is 0.157. The van der Waals surface area contributed by atoms with Crippen molar-refractivity contribution in [2.75, 3.05) is 26.1 Å². The molecule has 0 N–H and O–H groups in total. The van der Waals surface area contributed by atoms with E-state index in [2.05, 4.69) is 0 Å². The minimum absolute atomic E-state index is 0.150. The van der Waals surface area contributed by atoms with Gasteiger partial charge in [-0.25, -0.2) is 0 Å². The molecule has 0 aromatic heterocycles. The molecule has 3 fully saturated rings. The Balaban J connectivity index is 2.27. The number of rotatable bonds is 18. The van der Waals surface area contributed by atoms with Gasteiger partial charge >= 0.3 is 53.7 Å². The van der Waals surface area contributed by atoms with Gasteiger partial charge < -0.3 is 66.3 Å². The number of carbonyl (C=O) groups excluding carboxylic acids is 9. The first-order valence-corrected chi connectivity index (χ1v) is 21.3. The van der Waals surface area contributed by atoms with Crippen LogP contribution in [0.15, 0.2) is 0 Å². The number of thioether (sulfide) groups is 2. The van der Waals surface area contributed by atoms with E-state index in [0.29, 0.717) is 0 Å². The van der Waals surface area contributed by atoms with Crippen LogP contribution in [-0.4, -0.2) is 170 Å². The number of nitrogens with zero attached hydrogens (tertiary/aromatic N) is 1. The molecule has 0 radical (unpaired) electrons. The Bertz CT molecular complexity index is 1760. The van der Waals surface area contributed by atoms with E-state index in [-0.39, 0.29) is 5.75 Å². The van der Waals surface area contributed by atoms with E-state index in [4.69, 9.17) is 66.3 Å². The van der Waals surface area contributed by atoms with Crippen molar-refractivity contribution in [1.82, 2.24) is 0 Å². The number of nitriles is 1. The van der Waals surface area contributed by atoms with Crippen molar-refractivity contribution in [3.05, 3.63) is 0 Å². The fourth-order valence-electron chi connectivity index (χ4n) is 6.86. The molecular weight excluding hydrogens is 903 g/mol. The normalized spacial score (nSPS) is 32.2. The predicted molar refractivity (Wildman–Crippen MR) is 209 cm³/mol. The van der Waals surface area contributed by atoms with Crippen molar-refractivity contribution in [1.29, 1.82) is 5.26 Å². The molecule has 15 atom stereocenters. The lowest BCUT2D eigenvalue weighted by Gasteiger charge is -2.50. The lowest BCUT2D eigenvalue weighted by atomic mass is 9.97. The van der Waals surface area contributed by atoms with Crippen LogP contribution in [0.25, 0.3) is 0 Å². The summed E-state index contributed by atoms with van der Waals surface area (Å²) in [4.78, 5) is 112. The second-order valence-electron chi connectivity index (χ2n) is 14.1. The third-order valence-corrected chi connectivity index (χ3v) is 11.1. The molecule has 3 heterocycles. The summed E-state index contributed by atoms with van der Waals surface area (Å²) in [6.07, 6.45) is -20.3. The zero-order chi connectivity index (χ0) is 48.0. The van der Waals surface area contributed by atoms with Gasteiger partial charge in [-0.1, -0.05) is 0 Å². The van der Waals surface area contributed by atoms with Gasteiger partial charge in [0.25, 0.3) is 0 Å². The van der Waals surface area contributed by atoms with Gasteiger partial charge in [-0.2, -0.15) is 5.26 Å². The second kappa shape index (κ2) is 25.1. The first-order chi connectivity index (χ1) is 30.1. The highest BCUT2D eigenvalue weighted by atomic mass is 32.2. The Kier molecular flexibility index (Phi) is 21.0. The van der Waals surface area contributed by atoms with E-state index >= 15 is 0 Å². The van der Waals surface area contributed by atoms with Crippen LogP contribution < -0.4 is 0 Å². The summed E-state index contributed by atoms with van der Waals surface area (Å²) in [5.41, 5.74) is -1.48. The minimum atomic E-state index is -1.86. The molecule has 26 heteroatoms. The number of methoxy groups -OCH3 is 1. The Morgan fingerprint density at radius 1 is 0.469 bits per heavy atom. The molecule has 0 amide bonds. The number of carbonyl (C=O) groups is 9. The monoisotopic (exact) mass is 953 g/mol. The first kappa shape index (κ1) is 53.6. The molecule has 3 aliphatic heterocycles. The van der Waals surface area contributed by atoms with Gasteiger partial charge in [-0.3, -0.25) is 43.2 Å². The minimum Gasteiger partial charge on any atom is -0.463 e. The van der Waals surface area contributed by atoms with Crippen LogP contribution in [0.4, 0.5) is 0 Å². The molecule has 0 spiro atoms. The molecule has 0 unspecified atom stereocenters. The topological polar surface area (TPSA) is 307 Å². The van der Waals surface area contributed by atoms with Crippen LogP contribution in [-0.2, 0) is 109 Å². The van der Waals surface area contributed by atoms with E-state index < -0.39 is 157 Å². The van der Waals surface area contributed by atoms with Gasteiger partial charge in [0.05, 0.1) is 11.4 Å². The van der Waals surface area contributed by atoms with Crippen LogP contribution in [0.1, 0.15) is 62.3 Å². The van der Waals surface area contributed by atoms with E-state index in [0.717, 1.165) is 85.8 Å². The van der Waals surface area contributed by atoms with Gasteiger partial charge in [0.15, 0.2) is 49.2 Å². The molecule has 0 bridgehead atoms. The zero-order valence-corrected chi connectivity index (χ0v) is 38.1. The zero-order valence-electron chi connectivity index (χ0n) is 36.4. The van der Waals surface area contributed by atoms with Crippen LogP contribution >= 0.6 is 23.5 Å². The van der Waals surface area contributed by atoms with Gasteiger partial charge in [0.2, 0.25) is 0 Å². The second-order valence-corrected chi connectivity index (χ2v) is 16.2. The fourth-order valence-corrected chi connectivity index (χ4v) is 9.09. The SMILES string of the molecule is CO[C@H]1O[C@H](CSC#N)[C@H](S[C@@H]2O[C@H](COC(C)=O)[C@@H](OC(C)=O)[C@H](OC(C)=O)[C@H]2OC(C)=O)[C@H](OC(C)=O)[C@H]1O[C@@H]1O[C@H](COC(C)=O)[C@@H](OC(C)=O)[C@H](OC(C)=O)[C@H]1OC(C)=O. The highest BCUT2D eigenvalue weighted by Gasteiger charge is 2.59. The van der Waals surface area contributed by atoms with Crippen molar-refractivity contribution in [3.63, 3.8) is 0 Å². The largest absolute Gasteiger partial charge is 0.463 e. The fraction of sp³-hybridized carbons (Fsp3) is 0.737. The lowest BCUT2D eigenvalue weighted by molar-refractivity contribution is -0.352. The maximum Gasteiger partial charge on any atom is 0.303 e. The molecule has 3 aliphatic rings. The Morgan fingerprint density at radius 2 is 0.859 bits per heavy atom. The van der Waals surface area contributed by atoms with Gasteiger partial charge in [0.1, 0.15) is 48.5 Å². The highest BCUT2D eigenvalue weighted by molar-refractivity contribution is 8.04. The van der Waals surface area contributed by atoms with E-state index in [1.807, 2.05) is 5.40 Å². The summed E-state index contributed by atoms with van der Waals surface area (Å²) in [5, 5.41) is 10.3. The Morgan fingerprint density at radius 3 is 1.30 bits per heavy atom. The summed E-state index contributed by atoms with van der Waals surface area (Å²) in [6.45, 7) is 8.23. The number of ether oxygens (including phenoxy) is 14. The van der Waals surface area contributed by atoms with E-state index in [1.54, 1.807) is 0 Å². The third-order valence-electron chi connectivity index (χ3n) is 8.92. The van der Waals surface area contributed by atoms with E-state index in [9.17, 15) is 48.4 Å². The van der Waals surface area contributed by atoms with Crippen molar-refractivity contribution >= 4 is 77.2 Å². The Labute approximate surface area is 375 Å². The molecular formula is C38H51NO23S2. The highest BCUT2D eigenvalue weighted by Crippen LogP contribution is 2.44. The lowest BCUT2D eigenvalue weighted by Crippen LogP contribution is -2.67. The maximum atomic E-state index is 13.0. The van der Waals surface area contributed by atoms with Gasteiger partial charge in [-0.05, 0) is 11.8 Å². The van der Waals surface area contributed by atoms with Crippen LogP contribution in [0.3, 0.4) is 0 Å². The van der Waals surface area contributed by atoms with Crippen molar-refractivity contribution in [2.24, 2.45) is 0 Å². The summed E-state index contributed by atoms with van der Waals surface area (Å²) in [5.74, 6) is -8.07. The Hall–Kier alpha value is -4.78. The number of thiocyanates is 1.